The Morgan fingerprint density at radius 3 is 2.40 bits per heavy atom. The van der Waals surface area contributed by atoms with E-state index in [2.05, 4.69) is 27.7 Å². The molecule has 1 fully saturated rings. The Balaban J connectivity index is 2.66. The Morgan fingerprint density at radius 1 is 1.27 bits per heavy atom. The molecule has 0 saturated carbocycles. The minimum Gasteiger partial charge on any atom is -0.396 e. The van der Waals surface area contributed by atoms with E-state index in [9.17, 15) is 0 Å². The molecule has 1 saturated heterocycles. The minimum absolute atomic E-state index is 0.110. The van der Waals surface area contributed by atoms with Crippen molar-refractivity contribution in [2.24, 2.45) is 11.3 Å². The van der Waals surface area contributed by atoms with E-state index >= 15 is 0 Å². The highest BCUT2D eigenvalue weighted by Gasteiger charge is 2.42. The average Bonchev–Trinajstić information content (AvgIpc) is 2.61. The first-order chi connectivity index (χ1) is 7.05. The quantitative estimate of drug-likeness (QED) is 0.762. The molecule has 0 aliphatic carbocycles. The van der Waals surface area contributed by atoms with Crippen LogP contribution in [-0.2, 0) is 4.74 Å². The molecule has 90 valence electrons. The van der Waals surface area contributed by atoms with Gasteiger partial charge in [0.05, 0.1) is 12.2 Å². The number of rotatable bonds is 5. The molecule has 0 amide bonds. The van der Waals surface area contributed by atoms with E-state index in [4.69, 9.17) is 9.84 Å². The molecular formula is C13H26O2. The van der Waals surface area contributed by atoms with E-state index in [1.54, 1.807) is 0 Å². The largest absolute Gasteiger partial charge is 0.396 e. The molecule has 3 unspecified atom stereocenters. The van der Waals surface area contributed by atoms with Crippen LogP contribution in [0.1, 0.15) is 53.4 Å². The van der Waals surface area contributed by atoms with Crippen LogP contribution in [0, 0.1) is 11.3 Å². The topological polar surface area (TPSA) is 29.5 Å². The van der Waals surface area contributed by atoms with Crippen LogP contribution < -0.4 is 0 Å². The number of hydrogen-bond donors (Lipinski definition) is 1. The predicted octanol–water partition coefficient (Wildman–Crippen LogP) is 2.99. The summed E-state index contributed by atoms with van der Waals surface area (Å²) in [5.41, 5.74) is 0.110. The third-order valence-electron chi connectivity index (χ3n) is 3.84. The lowest BCUT2D eigenvalue weighted by molar-refractivity contribution is -0.0467. The van der Waals surface area contributed by atoms with Gasteiger partial charge in [-0.2, -0.15) is 0 Å². The highest BCUT2D eigenvalue weighted by atomic mass is 16.5. The lowest BCUT2D eigenvalue weighted by Gasteiger charge is -2.34. The van der Waals surface area contributed by atoms with Gasteiger partial charge < -0.3 is 9.84 Å². The van der Waals surface area contributed by atoms with Gasteiger partial charge in [-0.25, -0.2) is 0 Å². The fraction of sp³-hybridized carbons (Fsp3) is 1.00. The maximum atomic E-state index is 9.09. The second kappa shape index (κ2) is 5.31. The first kappa shape index (κ1) is 13.0. The van der Waals surface area contributed by atoms with Gasteiger partial charge in [-0.05, 0) is 30.6 Å². The lowest BCUT2D eigenvalue weighted by atomic mass is 9.76. The molecule has 3 atom stereocenters. The molecule has 1 heterocycles. The van der Waals surface area contributed by atoms with Crippen LogP contribution in [0.25, 0.3) is 0 Å². The summed E-state index contributed by atoms with van der Waals surface area (Å²) >= 11 is 0. The van der Waals surface area contributed by atoms with Crippen molar-refractivity contribution in [2.75, 3.05) is 6.61 Å². The van der Waals surface area contributed by atoms with Crippen LogP contribution in [0.3, 0.4) is 0 Å². The van der Waals surface area contributed by atoms with Gasteiger partial charge in [-0.1, -0.05) is 34.1 Å². The molecule has 0 spiro atoms. The highest BCUT2D eigenvalue weighted by Crippen LogP contribution is 2.42. The van der Waals surface area contributed by atoms with Gasteiger partial charge in [0.2, 0.25) is 0 Å². The van der Waals surface area contributed by atoms with Crippen LogP contribution in [0.15, 0.2) is 0 Å². The molecule has 0 bridgehead atoms. The van der Waals surface area contributed by atoms with Crippen LogP contribution >= 0.6 is 0 Å². The van der Waals surface area contributed by atoms with Crippen molar-refractivity contribution in [1.82, 2.24) is 0 Å². The third-order valence-corrected chi connectivity index (χ3v) is 3.84. The molecule has 1 N–H and O–H groups in total. The smallest absolute Gasteiger partial charge is 0.0659 e. The standard InChI is InChI=1S/C13H26O2/c1-5-10-9-11(6-2)15-12(10)13(3,4)7-8-14/h10-12,14H,5-9H2,1-4H3. The normalized spacial score (nSPS) is 32.2. The molecule has 0 radical (unpaired) electrons. The average molecular weight is 214 g/mol. The first-order valence-corrected chi connectivity index (χ1v) is 6.31. The molecule has 1 aliphatic rings. The third kappa shape index (κ3) is 2.94. The molecular weight excluding hydrogens is 188 g/mol. The molecule has 2 nitrogen and oxygen atoms in total. The van der Waals surface area contributed by atoms with Gasteiger partial charge in [-0.15, -0.1) is 0 Å². The first-order valence-electron chi connectivity index (χ1n) is 6.31. The zero-order chi connectivity index (χ0) is 11.5. The lowest BCUT2D eigenvalue weighted by Crippen LogP contribution is -2.35. The van der Waals surface area contributed by atoms with Crippen molar-refractivity contribution in [3.63, 3.8) is 0 Å². The van der Waals surface area contributed by atoms with E-state index < -0.39 is 0 Å². The monoisotopic (exact) mass is 214 g/mol. The Hall–Kier alpha value is -0.0800. The highest BCUT2D eigenvalue weighted by molar-refractivity contribution is 4.90. The summed E-state index contributed by atoms with van der Waals surface area (Å²) in [4.78, 5) is 0. The van der Waals surface area contributed by atoms with E-state index in [-0.39, 0.29) is 12.0 Å². The molecule has 1 aliphatic heterocycles. The van der Waals surface area contributed by atoms with Gasteiger partial charge in [0.25, 0.3) is 0 Å². The summed E-state index contributed by atoms with van der Waals surface area (Å²) in [6.45, 7) is 9.14. The number of aliphatic hydroxyl groups is 1. The molecule has 2 heteroatoms. The second-order valence-electron chi connectivity index (χ2n) is 5.45. The molecule has 1 rings (SSSR count). The predicted molar refractivity (Wildman–Crippen MR) is 62.8 cm³/mol. The number of hydrogen-bond acceptors (Lipinski definition) is 2. The van der Waals surface area contributed by atoms with Gasteiger partial charge in [-0.3, -0.25) is 0 Å². The fourth-order valence-electron chi connectivity index (χ4n) is 2.73. The Bertz CT molecular complexity index is 189. The van der Waals surface area contributed by atoms with Gasteiger partial charge in [0.15, 0.2) is 0 Å². The Labute approximate surface area is 94.0 Å². The van der Waals surface area contributed by atoms with Crippen molar-refractivity contribution in [3.8, 4) is 0 Å². The van der Waals surface area contributed by atoms with Crippen molar-refractivity contribution >= 4 is 0 Å². The zero-order valence-corrected chi connectivity index (χ0v) is 10.6. The Kier molecular flexibility index (Phi) is 4.60. The van der Waals surface area contributed by atoms with Gasteiger partial charge in [0.1, 0.15) is 0 Å². The van der Waals surface area contributed by atoms with E-state index in [1.165, 1.54) is 12.8 Å². The molecule has 0 aromatic carbocycles. The molecule has 0 aromatic rings. The van der Waals surface area contributed by atoms with Crippen LogP contribution in [0.2, 0.25) is 0 Å². The zero-order valence-electron chi connectivity index (χ0n) is 10.6. The van der Waals surface area contributed by atoms with E-state index in [0.717, 1.165) is 12.8 Å². The van der Waals surface area contributed by atoms with Gasteiger partial charge in [0, 0.05) is 6.61 Å². The summed E-state index contributed by atoms with van der Waals surface area (Å²) in [5, 5.41) is 9.09. The summed E-state index contributed by atoms with van der Waals surface area (Å²) in [6, 6.07) is 0. The summed E-state index contributed by atoms with van der Waals surface area (Å²) < 4.78 is 6.12. The minimum atomic E-state index is 0.110. The summed E-state index contributed by atoms with van der Waals surface area (Å²) in [5.74, 6) is 0.677. The van der Waals surface area contributed by atoms with Crippen molar-refractivity contribution < 1.29 is 9.84 Å². The molecule has 0 aromatic heterocycles. The summed E-state index contributed by atoms with van der Waals surface area (Å²) in [7, 11) is 0. The van der Waals surface area contributed by atoms with E-state index in [1.807, 2.05) is 0 Å². The summed E-state index contributed by atoms with van der Waals surface area (Å²) in [6.07, 6.45) is 5.12. The van der Waals surface area contributed by atoms with E-state index in [0.29, 0.717) is 18.1 Å². The van der Waals surface area contributed by atoms with Gasteiger partial charge >= 0.3 is 0 Å². The van der Waals surface area contributed by atoms with Crippen LogP contribution in [-0.4, -0.2) is 23.9 Å². The second-order valence-corrected chi connectivity index (χ2v) is 5.45. The van der Waals surface area contributed by atoms with Crippen molar-refractivity contribution in [2.45, 2.75) is 65.6 Å². The van der Waals surface area contributed by atoms with Crippen molar-refractivity contribution in [1.29, 1.82) is 0 Å². The van der Waals surface area contributed by atoms with Crippen LogP contribution in [0.5, 0.6) is 0 Å². The van der Waals surface area contributed by atoms with Crippen molar-refractivity contribution in [3.05, 3.63) is 0 Å². The SMILES string of the molecule is CCC1CC(CC)C(C(C)(C)CCO)O1. The molecule has 15 heavy (non-hydrogen) atoms. The Morgan fingerprint density at radius 2 is 1.93 bits per heavy atom. The maximum Gasteiger partial charge on any atom is 0.0659 e. The fourth-order valence-corrected chi connectivity index (χ4v) is 2.73. The number of ether oxygens (including phenoxy) is 1. The maximum absolute atomic E-state index is 9.09. The van der Waals surface area contributed by atoms with Crippen LogP contribution in [0.4, 0.5) is 0 Å². The number of aliphatic hydroxyl groups excluding tert-OH is 1.